The molecule has 38 heavy (non-hydrogen) atoms. The van der Waals surface area contributed by atoms with E-state index in [-0.39, 0.29) is 0 Å². The fourth-order valence-corrected chi connectivity index (χ4v) is 4.94. The van der Waals surface area contributed by atoms with E-state index in [1.165, 1.54) is 25.7 Å². The van der Waals surface area contributed by atoms with Gasteiger partial charge in [0.25, 0.3) is 0 Å². The third-order valence-electron chi connectivity index (χ3n) is 6.98. The fraction of sp³-hybridized carbons (Fsp3) is 0.353. The zero-order valence-corrected chi connectivity index (χ0v) is 22.6. The van der Waals surface area contributed by atoms with Crippen molar-refractivity contribution < 1.29 is 9.47 Å². The van der Waals surface area contributed by atoms with E-state index in [1.807, 2.05) is 60.7 Å². The smallest absolute Gasteiger partial charge is 0.127 e. The molecule has 0 unspecified atom stereocenters. The van der Waals surface area contributed by atoms with Crippen molar-refractivity contribution in [2.75, 3.05) is 13.2 Å². The number of benzene rings is 4. The van der Waals surface area contributed by atoms with Crippen molar-refractivity contribution in [3.05, 3.63) is 71.8 Å². The van der Waals surface area contributed by atoms with Gasteiger partial charge in [0.05, 0.1) is 36.5 Å². The lowest BCUT2D eigenvalue weighted by Crippen LogP contribution is -2.03. The summed E-state index contributed by atoms with van der Waals surface area (Å²) < 4.78 is 12.9. The highest BCUT2D eigenvalue weighted by atomic mass is 16.5. The largest absolute Gasteiger partial charge is 0.493 e. The van der Waals surface area contributed by atoms with Crippen LogP contribution in [0.2, 0.25) is 0 Å². The second-order valence-corrected chi connectivity index (χ2v) is 9.79. The minimum atomic E-state index is 0.626. The first kappa shape index (κ1) is 27.0. The van der Waals surface area contributed by atoms with Crippen molar-refractivity contribution >= 4 is 21.5 Å². The minimum Gasteiger partial charge on any atom is -0.493 e. The second kappa shape index (κ2) is 13.5. The maximum absolute atomic E-state index is 9.50. The molecule has 0 saturated heterocycles. The number of rotatable bonds is 13. The number of ether oxygens (including phenoxy) is 2. The number of nitrogens with zero attached hydrogens (tertiary/aromatic N) is 2. The summed E-state index contributed by atoms with van der Waals surface area (Å²) in [5.74, 6) is 1.62. The van der Waals surface area contributed by atoms with E-state index in [0.29, 0.717) is 24.3 Å². The van der Waals surface area contributed by atoms with E-state index in [4.69, 9.17) is 9.47 Å². The Bertz CT molecular complexity index is 1360. The number of hydrogen-bond donors (Lipinski definition) is 0. The molecule has 0 saturated carbocycles. The molecule has 194 valence electrons. The molecule has 0 heterocycles. The Balaban J connectivity index is 1.88. The maximum Gasteiger partial charge on any atom is 0.127 e. The van der Waals surface area contributed by atoms with E-state index in [9.17, 15) is 10.5 Å². The average molecular weight is 505 g/mol. The minimum absolute atomic E-state index is 0.626. The molecular weight excluding hydrogens is 468 g/mol. The quantitative estimate of drug-likeness (QED) is 0.170. The number of nitriles is 2. The SMILES string of the molecule is CCCCCCOc1ccc2cc(C#N)ccc2c1-c1c(OCCCCCC)ccc2cc(C#N)ccc12. The molecule has 0 bridgehead atoms. The molecule has 4 nitrogen and oxygen atoms in total. The van der Waals surface area contributed by atoms with Crippen LogP contribution in [0, 0.1) is 22.7 Å². The first-order valence-electron chi connectivity index (χ1n) is 13.9. The Labute approximate surface area is 226 Å². The monoisotopic (exact) mass is 504 g/mol. The van der Waals surface area contributed by atoms with Crippen LogP contribution in [0.25, 0.3) is 32.7 Å². The van der Waals surface area contributed by atoms with Gasteiger partial charge >= 0.3 is 0 Å². The summed E-state index contributed by atoms with van der Waals surface area (Å²) in [4.78, 5) is 0. The van der Waals surface area contributed by atoms with Crippen LogP contribution in [0.4, 0.5) is 0 Å². The predicted octanol–water partition coefficient (Wildman–Crippen LogP) is 9.32. The van der Waals surface area contributed by atoms with Gasteiger partial charge in [-0.15, -0.1) is 0 Å². The summed E-state index contributed by atoms with van der Waals surface area (Å²) in [7, 11) is 0. The molecule has 0 aliphatic rings. The Hall–Kier alpha value is -4.02. The number of unbranched alkanes of at least 4 members (excludes halogenated alkanes) is 6. The van der Waals surface area contributed by atoms with Crippen LogP contribution in [0.1, 0.15) is 76.3 Å². The van der Waals surface area contributed by atoms with Gasteiger partial charge in [0, 0.05) is 11.1 Å². The summed E-state index contributed by atoms with van der Waals surface area (Å²) >= 11 is 0. The van der Waals surface area contributed by atoms with Gasteiger partial charge in [-0.1, -0.05) is 76.6 Å². The lowest BCUT2D eigenvalue weighted by molar-refractivity contribution is 0.302. The Morgan fingerprint density at radius 3 is 1.39 bits per heavy atom. The van der Waals surface area contributed by atoms with Gasteiger partial charge in [-0.2, -0.15) is 10.5 Å². The van der Waals surface area contributed by atoms with E-state index in [0.717, 1.165) is 69.9 Å². The Morgan fingerprint density at radius 2 is 1.00 bits per heavy atom. The average Bonchev–Trinajstić information content (AvgIpc) is 2.96. The molecule has 0 atom stereocenters. The summed E-state index contributed by atoms with van der Waals surface area (Å²) in [6, 6.07) is 24.2. The van der Waals surface area contributed by atoms with Crippen molar-refractivity contribution in [3.8, 4) is 34.8 Å². The van der Waals surface area contributed by atoms with E-state index >= 15 is 0 Å². The van der Waals surface area contributed by atoms with Crippen LogP contribution in [0.5, 0.6) is 11.5 Å². The fourth-order valence-electron chi connectivity index (χ4n) is 4.94. The van der Waals surface area contributed by atoms with Gasteiger partial charge in [-0.05, 0) is 70.8 Å². The van der Waals surface area contributed by atoms with Crippen molar-refractivity contribution in [2.45, 2.75) is 65.2 Å². The second-order valence-electron chi connectivity index (χ2n) is 9.79. The summed E-state index contributed by atoms with van der Waals surface area (Å²) in [6.07, 6.45) is 9.05. The zero-order valence-electron chi connectivity index (χ0n) is 22.6. The molecule has 0 amide bonds. The normalized spacial score (nSPS) is 10.8. The van der Waals surface area contributed by atoms with Crippen LogP contribution in [0.3, 0.4) is 0 Å². The molecule has 0 spiro atoms. The maximum atomic E-state index is 9.50. The van der Waals surface area contributed by atoms with Gasteiger partial charge in [0.15, 0.2) is 0 Å². The standard InChI is InChI=1S/C34H36N2O2/c1-3-5-7-9-19-37-31-17-13-27-21-25(23-35)11-15-29(27)33(31)34-30-16-12-26(24-36)22-28(30)14-18-32(34)38-20-10-8-6-4-2/h11-18,21-22H,3-10,19-20H2,1-2H3. The Kier molecular flexibility index (Phi) is 9.60. The molecule has 0 aliphatic heterocycles. The van der Waals surface area contributed by atoms with Crippen LogP contribution < -0.4 is 9.47 Å². The molecule has 4 aromatic rings. The first-order valence-corrected chi connectivity index (χ1v) is 13.9. The van der Waals surface area contributed by atoms with Crippen molar-refractivity contribution in [1.82, 2.24) is 0 Å². The third kappa shape index (κ3) is 6.27. The summed E-state index contributed by atoms with van der Waals surface area (Å²) in [6.45, 7) is 5.70. The highest BCUT2D eigenvalue weighted by Gasteiger charge is 2.20. The Morgan fingerprint density at radius 1 is 0.553 bits per heavy atom. The predicted molar refractivity (Wildman–Crippen MR) is 156 cm³/mol. The van der Waals surface area contributed by atoms with Crippen molar-refractivity contribution in [1.29, 1.82) is 10.5 Å². The van der Waals surface area contributed by atoms with E-state index < -0.39 is 0 Å². The van der Waals surface area contributed by atoms with Gasteiger partial charge < -0.3 is 9.47 Å². The number of fused-ring (bicyclic) bond motifs is 2. The third-order valence-corrected chi connectivity index (χ3v) is 6.98. The molecule has 0 aliphatic carbocycles. The van der Waals surface area contributed by atoms with Crippen molar-refractivity contribution in [2.24, 2.45) is 0 Å². The summed E-state index contributed by atoms with van der Waals surface area (Å²) in [5.41, 5.74) is 3.20. The van der Waals surface area contributed by atoms with E-state index in [2.05, 4.69) is 26.0 Å². The lowest BCUT2D eigenvalue weighted by Gasteiger charge is -2.20. The summed E-state index contributed by atoms with van der Waals surface area (Å²) in [5, 5.41) is 23.0. The molecule has 4 heteroatoms. The first-order chi connectivity index (χ1) is 18.7. The zero-order chi connectivity index (χ0) is 26.7. The van der Waals surface area contributed by atoms with Crippen LogP contribution in [-0.4, -0.2) is 13.2 Å². The lowest BCUT2D eigenvalue weighted by atomic mass is 9.91. The van der Waals surface area contributed by atoms with Gasteiger partial charge in [-0.25, -0.2) is 0 Å². The van der Waals surface area contributed by atoms with Gasteiger partial charge in [0.1, 0.15) is 11.5 Å². The molecular formula is C34H36N2O2. The van der Waals surface area contributed by atoms with Crippen LogP contribution >= 0.6 is 0 Å². The van der Waals surface area contributed by atoms with Crippen LogP contribution in [0.15, 0.2) is 60.7 Å². The van der Waals surface area contributed by atoms with Crippen molar-refractivity contribution in [3.63, 3.8) is 0 Å². The molecule has 4 rings (SSSR count). The molecule has 0 N–H and O–H groups in total. The van der Waals surface area contributed by atoms with Gasteiger partial charge in [-0.3, -0.25) is 0 Å². The molecule has 4 aromatic carbocycles. The van der Waals surface area contributed by atoms with E-state index in [1.54, 1.807) is 0 Å². The van der Waals surface area contributed by atoms with Gasteiger partial charge in [0.2, 0.25) is 0 Å². The van der Waals surface area contributed by atoms with Crippen LogP contribution in [-0.2, 0) is 0 Å². The topological polar surface area (TPSA) is 66.0 Å². The highest BCUT2D eigenvalue weighted by Crippen LogP contribution is 2.46. The molecule has 0 aromatic heterocycles. The number of hydrogen-bond acceptors (Lipinski definition) is 4. The molecule has 0 fully saturated rings. The molecule has 0 radical (unpaired) electrons. The highest BCUT2D eigenvalue weighted by molar-refractivity contribution is 6.10.